The SMILES string of the molecule is C=CC(=O)OCCOc1cc(OCCOC(=O)C=C)cc(-c2cc(-c3cc(OCOC(=O)C=C)cc(OCOC(=O)C=C)c3)c3ccc4cc(C(C)(C)C)cc5ccc2c3c54)c1. The molecule has 0 N–H and O–H groups in total. The standard InChI is InChI=1S/C50H46O12/c1-8-44(51)57-18-16-55-36-22-33(23-37(26-36)56-17-19-58-45(52)9-2)42-28-43(34-24-38(59-29-61-46(53)10-3)27-39(25-34)60-30-62-47(54)11-4)41-15-13-32-21-35(50(5,6)7)20-31-12-14-40(42)49(41)48(31)32/h8-15,20-28H,1-4,16-19,29-30H2,5-7H3. The zero-order chi connectivity index (χ0) is 44.4. The first-order valence-corrected chi connectivity index (χ1v) is 19.6. The molecule has 0 aliphatic carbocycles. The molecule has 318 valence electrons. The van der Waals surface area contributed by atoms with Crippen molar-refractivity contribution in [2.24, 2.45) is 0 Å². The van der Waals surface area contributed by atoms with Crippen molar-refractivity contribution in [3.63, 3.8) is 0 Å². The van der Waals surface area contributed by atoms with E-state index in [1.165, 1.54) is 5.56 Å². The van der Waals surface area contributed by atoms with Gasteiger partial charge in [-0.2, -0.15) is 0 Å². The van der Waals surface area contributed by atoms with Crippen LogP contribution in [-0.4, -0.2) is 63.9 Å². The lowest BCUT2D eigenvalue weighted by Crippen LogP contribution is -2.11. The molecule has 0 saturated carbocycles. The third kappa shape index (κ3) is 10.6. The zero-order valence-corrected chi connectivity index (χ0v) is 34.8. The molecule has 6 aromatic carbocycles. The quantitative estimate of drug-likeness (QED) is 0.0180. The molecule has 0 heterocycles. The summed E-state index contributed by atoms with van der Waals surface area (Å²) in [5.74, 6) is -1.03. The zero-order valence-electron chi connectivity index (χ0n) is 34.8. The van der Waals surface area contributed by atoms with E-state index in [9.17, 15) is 19.2 Å². The monoisotopic (exact) mass is 838 g/mol. The van der Waals surface area contributed by atoms with E-state index < -0.39 is 37.5 Å². The highest BCUT2D eigenvalue weighted by Gasteiger charge is 2.22. The predicted molar refractivity (Wildman–Crippen MR) is 237 cm³/mol. The number of carbonyl (C=O) groups excluding carboxylic acids is 4. The molecule has 0 saturated heterocycles. The molecule has 62 heavy (non-hydrogen) atoms. The van der Waals surface area contributed by atoms with Crippen molar-refractivity contribution in [1.29, 1.82) is 0 Å². The second kappa shape index (κ2) is 19.6. The number of hydrogen-bond acceptors (Lipinski definition) is 12. The second-order valence-corrected chi connectivity index (χ2v) is 14.8. The Morgan fingerprint density at radius 1 is 0.468 bits per heavy atom. The van der Waals surface area contributed by atoms with Crippen LogP contribution in [0.15, 0.2) is 129 Å². The molecule has 6 rings (SSSR count). The normalized spacial score (nSPS) is 11.1. The van der Waals surface area contributed by atoms with Gasteiger partial charge >= 0.3 is 23.9 Å². The van der Waals surface area contributed by atoms with Gasteiger partial charge in [0.2, 0.25) is 13.6 Å². The fraction of sp³-hybridized carbons (Fsp3) is 0.200. The van der Waals surface area contributed by atoms with E-state index in [-0.39, 0.29) is 31.8 Å². The molecule has 6 aromatic rings. The van der Waals surface area contributed by atoms with Gasteiger partial charge in [-0.1, -0.05) is 83.5 Å². The van der Waals surface area contributed by atoms with Gasteiger partial charge in [-0.15, -0.1) is 0 Å². The highest BCUT2D eigenvalue weighted by Crippen LogP contribution is 2.47. The highest BCUT2D eigenvalue weighted by atomic mass is 16.7. The van der Waals surface area contributed by atoms with Gasteiger partial charge in [0.05, 0.1) is 0 Å². The Hall–Kier alpha value is -7.60. The molecule has 0 fully saturated rings. The smallest absolute Gasteiger partial charge is 0.333 e. The summed E-state index contributed by atoms with van der Waals surface area (Å²) in [7, 11) is 0. The Labute approximate surface area is 358 Å². The van der Waals surface area contributed by atoms with Gasteiger partial charge in [-0.05, 0) is 95.9 Å². The van der Waals surface area contributed by atoms with Crippen molar-refractivity contribution >= 4 is 56.2 Å². The first-order chi connectivity index (χ1) is 29.8. The number of esters is 4. The first-order valence-electron chi connectivity index (χ1n) is 19.6. The van der Waals surface area contributed by atoms with E-state index in [1.54, 1.807) is 24.3 Å². The number of ether oxygens (including phenoxy) is 8. The summed E-state index contributed by atoms with van der Waals surface area (Å²) < 4.78 is 44.5. The third-order valence-electron chi connectivity index (χ3n) is 9.68. The summed E-state index contributed by atoms with van der Waals surface area (Å²) in [5, 5.41) is 6.03. The molecule has 0 unspecified atom stereocenters. The highest BCUT2D eigenvalue weighted by molar-refractivity contribution is 6.28. The summed E-state index contributed by atoms with van der Waals surface area (Å²) in [6.45, 7) is 19.5. The molecule has 0 aliphatic rings. The molecule has 0 aromatic heterocycles. The minimum Gasteiger partial charge on any atom is -0.490 e. The number of hydrogen-bond donors (Lipinski definition) is 0. The Bertz CT molecular complexity index is 2580. The van der Waals surface area contributed by atoms with Crippen molar-refractivity contribution < 1.29 is 57.1 Å². The molecule has 0 radical (unpaired) electrons. The van der Waals surface area contributed by atoms with Gasteiger partial charge in [0, 0.05) is 36.4 Å². The van der Waals surface area contributed by atoms with Gasteiger partial charge in [0.15, 0.2) is 0 Å². The van der Waals surface area contributed by atoms with E-state index in [0.717, 1.165) is 73.3 Å². The summed E-state index contributed by atoms with van der Waals surface area (Å²) in [4.78, 5) is 47.2. The summed E-state index contributed by atoms with van der Waals surface area (Å²) in [6.07, 6.45) is 4.22. The molecule has 0 aliphatic heterocycles. The molecular weight excluding hydrogens is 793 g/mol. The molecule has 12 nitrogen and oxygen atoms in total. The fourth-order valence-corrected chi connectivity index (χ4v) is 6.76. The van der Waals surface area contributed by atoms with E-state index in [0.29, 0.717) is 28.6 Å². The number of rotatable bonds is 20. The van der Waals surface area contributed by atoms with E-state index in [1.807, 2.05) is 18.2 Å². The Morgan fingerprint density at radius 3 is 1.24 bits per heavy atom. The lowest BCUT2D eigenvalue weighted by molar-refractivity contribution is -0.144. The maximum atomic E-state index is 11.9. The topological polar surface area (TPSA) is 142 Å². The van der Waals surface area contributed by atoms with Gasteiger partial charge in [-0.3, -0.25) is 0 Å². The van der Waals surface area contributed by atoms with E-state index >= 15 is 0 Å². The summed E-state index contributed by atoms with van der Waals surface area (Å²) >= 11 is 0. The predicted octanol–water partition coefficient (Wildman–Crippen LogP) is 9.56. The molecule has 0 amide bonds. The third-order valence-corrected chi connectivity index (χ3v) is 9.68. The first kappa shape index (κ1) is 44.0. The lowest BCUT2D eigenvalue weighted by Gasteiger charge is -2.23. The van der Waals surface area contributed by atoms with Gasteiger partial charge in [-0.25, -0.2) is 19.2 Å². The fourth-order valence-electron chi connectivity index (χ4n) is 6.76. The van der Waals surface area contributed by atoms with Crippen LogP contribution < -0.4 is 18.9 Å². The molecule has 0 atom stereocenters. The molecule has 0 spiro atoms. The van der Waals surface area contributed by atoms with Crippen molar-refractivity contribution in [1.82, 2.24) is 0 Å². The van der Waals surface area contributed by atoms with Crippen LogP contribution in [0.4, 0.5) is 0 Å². The Kier molecular flexibility index (Phi) is 13.9. The van der Waals surface area contributed by atoms with Gasteiger partial charge in [0.1, 0.15) is 49.4 Å². The van der Waals surface area contributed by atoms with Crippen LogP contribution in [0, 0.1) is 0 Å². The van der Waals surface area contributed by atoms with Crippen molar-refractivity contribution in [2.75, 3.05) is 40.0 Å². The minimum absolute atomic E-state index is 0.0232. The van der Waals surface area contributed by atoms with Crippen molar-refractivity contribution in [2.45, 2.75) is 26.2 Å². The Morgan fingerprint density at radius 2 is 0.855 bits per heavy atom. The van der Waals surface area contributed by atoms with Crippen LogP contribution in [0.5, 0.6) is 23.0 Å². The molecule has 12 heteroatoms. The van der Waals surface area contributed by atoms with Crippen LogP contribution in [0.3, 0.4) is 0 Å². The minimum atomic E-state index is -0.662. The van der Waals surface area contributed by atoms with Crippen LogP contribution in [0.25, 0.3) is 54.6 Å². The summed E-state index contributed by atoms with van der Waals surface area (Å²) in [5.41, 5.74) is 4.05. The van der Waals surface area contributed by atoms with Gasteiger partial charge < -0.3 is 37.9 Å². The number of benzene rings is 6. The van der Waals surface area contributed by atoms with E-state index in [4.69, 9.17) is 37.9 Å². The van der Waals surface area contributed by atoms with Crippen molar-refractivity contribution in [3.05, 3.63) is 135 Å². The Balaban J connectivity index is 1.57. The van der Waals surface area contributed by atoms with Crippen LogP contribution in [0.1, 0.15) is 26.3 Å². The van der Waals surface area contributed by atoms with Gasteiger partial charge in [0.25, 0.3) is 0 Å². The second-order valence-electron chi connectivity index (χ2n) is 14.8. The van der Waals surface area contributed by atoms with Crippen molar-refractivity contribution in [3.8, 4) is 45.3 Å². The average Bonchev–Trinajstić information content (AvgIpc) is 3.27. The van der Waals surface area contributed by atoms with Crippen LogP contribution in [-0.2, 0) is 43.5 Å². The number of carbonyl (C=O) groups is 4. The van der Waals surface area contributed by atoms with Crippen LogP contribution >= 0.6 is 0 Å². The maximum absolute atomic E-state index is 11.9. The maximum Gasteiger partial charge on any atom is 0.333 e. The lowest BCUT2D eigenvalue weighted by atomic mass is 9.81. The van der Waals surface area contributed by atoms with Crippen LogP contribution in [0.2, 0.25) is 0 Å². The van der Waals surface area contributed by atoms with E-state index in [2.05, 4.69) is 83.5 Å². The average molecular weight is 839 g/mol. The molecule has 0 bridgehead atoms. The summed E-state index contributed by atoms with van der Waals surface area (Å²) in [6, 6.07) is 25.5. The molecular formula is C50H46O12. The largest absolute Gasteiger partial charge is 0.490 e.